The van der Waals surface area contributed by atoms with Gasteiger partial charge in [0, 0.05) is 37.6 Å². The van der Waals surface area contributed by atoms with E-state index in [9.17, 15) is 14.0 Å². The van der Waals surface area contributed by atoms with Crippen LogP contribution in [0.5, 0.6) is 0 Å². The summed E-state index contributed by atoms with van der Waals surface area (Å²) < 4.78 is 13.8. The van der Waals surface area contributed by atoms with Crippen LogP contribution in [-0.4, -0.2) is 43.0 Å². The lowest BCUT2D eigenvalue weighted by atomic mass is 10.1. The molecule has 3 amide bonds. The lowest BCUT2D eigenvalue weighted by Crippen LogP contribution is -2.34. The summed E-state index contributed by atoms with van der Waals surface area (Å²) in [6.45, 7) is 3.40. The molecule has 2 aliphatic rings. The lowest BCUT2D eigenvalue weighted by Gasteiger charge is -2.31. The number of piperidine rings is 1. The number of urea groups is 1. The van der Waals surface area contributed by atoms with E-state index in [0.29, 0.717) is 11.3 Å². The lowest BCUT2D eigenvalue weighted by molar-refractivity contribution is 0.0793. The zero-order valence-electron chi connectivity index (χ0n) is 17.0. The number of anilines is 3. The Morgan fingerprint density at radius 3 is 2.27 bits per heavy atom. The van der Waals surface area contributed by atoms with Gasteiger partial charge in [0.2, 0.25) is 0 Å². The standard InChI is InChI=1S/C23H27FN4O2/c24-19-8-2-3-9-20(19)26-23(30)25-17-10-11-21(27-12-4-1-5-13-27)18(16-17)22(29)28-14-6-7-15-28/h2-3,8-11,16H,1,4-7,12-15H2,(H2,25,26,30). The summed E-state index contributed by atoms with van der Waals surface area (Å²) >= 11 is 0. The molecule has 158 valence electrons. The van der Waals surface area contributed by atoms with Crippen molar-refractivity contribution in [2.24, 2.45) is 0 Å². The third-order valence-electron chi connectivity index (χ3n) is 5.70. The molecule has 0 saturated carbocycles. The number of halogens is 1. The summed E-state index contributed by atoms with van der Waals surface area (Å²) in [5, 5.41) is 5.24. The van der Waals surface area contributed by atoms with Crippen LogP contribution in [0.25, 0.3) is 0 Å². The van der Waals surface area contributed by atoms with Crippen molar-refractivity contribution in [3.8, 4) is 0 Å². The SMILES string of the molecule is O=C(Nc1ccc(N2CCCCC2)c(C(=O)N2CCCC2)c1)Nc1ccccc1F. The first-order valence-electron chi connectivity index (χ1n) is 10.6. The fourth-order valence-corrected chi connectivity index (χ4v) is 4.13. The molecule has 2 aromatic carbocycles. The number of likely N-dealkylation sites (tertiary alicyclic amines) is 1. The number of nitrogens with zero attached hydrogens (tertiary/aromatic N) is 2. The highest BCUT2D eigenvalue weighted by Gasteiger charge is 2.25. The molecule has 2 fully saturated rings. The van der Waals surface area contributed by atoms with Crippen molar-refractivity contribution in [1.29, 1.82) is 0 Å². The van der Waals surface area contributed by atoms with Crippen molar-refractivity contribution in [3.05, 3.63) is 53.8 Å². The van der Waals surface area contributed by atoms with Crippen LogP contribution in [0.1, 0.15) is 42.5 Å². The van der Waals surface area contributed by atoms with E-state index in [-0.39, 0.29) is 11.6 Å². The first-order valence-corrected chi connectivity index (χ1v) is 10.6. The fourth-order valence-electron chi connectivity index (χ4n) is 4.13. The minimum absolute atomic E-state index is 0.00577. The zero-order valence-corrected chi connectivity index (χ0v) is 17.0. The second-order valence-electron chi connectivity index (χ2n) is 7.84. The highest BCUT2D eigenvalue weighted by Crippen LogP contribution is 2.29. The van der Waals surface area contributed by atoms with Crippen LogP contribution in [0.15, 0.2) is 42.5 Å². The summed E-state index contributed by atoms with van der Waals surface area (Å²) in [6.07, 6.45) is 5.48. The van der Waals surface area contributed by atoms with Crippen molar-refractivity contribution in [3.63, 3.8) is 0 Å². The number of rotatable bonds is 4. The second-order valence-corrected chi connectivity index (χ2v) is 7.84. The molecule has 6 nitrogen and oxygen atoms in total. The van der Waals surface area contributed by atoms with Crippen LogP contribution in [0.2, 0.25) is 0 Å². The zero-order chi connectivity index (χ0) is 20.9. The molecule has 0 bridgehead atoms. The van der Waals surface area contributed by atoms with Crippen LogP contribution >= 0.6 is 0 Å². The predicted molar refractivity (Wildman–Crippen MR) is 117 cm³/mol. The van der Waals surface area contributed by atoms with E-state index in [1.807, 2.05) is 11.0 Å². The predicted octanol–water partition coefficient (Wildman–Crippen LogP) is 4.70. The Kier molecular flexibility index (Phi) is 6.16. The van der Waals surface area contributed by atoms with E-state index < -0.39 is 11.8 Å². The Labute approximate surface area is 176 Å². The number of carbonyl (C=O) groups is 2. The van der Waals surface area contributed by atoms with Crippen LogP contribution in [0.4, 0.5) is 26.2 Å². The van der Waals surface area contributed by atoms with Gasteiger partial charge in [0.05, 0.1) is 11.3 Å². The van der Waals surface area contributed by atoms with Crippen molar-refractivity contribution in [1.82, 2.24) is 4.90 Å². The Hall–Kier alpha value is -3.09. The molecule has 0 spiro atoms. The summed E-state index contributed by atoms with van der Waals surface area (Å²) in [5.41, 5.74) is 2.15. The largest absolute Gasteiger partial charge is 0.371 e. The third kappa shape index (κ3) is 4.56. The van der Waals surface area contributed by atoms with E-state index in [0.717, 1.165) is 57.5 Å². The maximum Gasteiger partial charge on any atom is 0.323 e. The molecule has 0 atom stereocenters. The first kappa shape index (κ1) is 20.2. The molecule has 0 unspecified atom stereocenters. The topological polar surface area (TPSA) is 64.7 Å². The van der Waals surface area contributed by atoms with Gasteiger partial charge in [-0.2, -0.15) is 0 Å². The molecule has 0 radical (unpaired) electrons. The minimum atomic E-state index is -0.551. The minimum Gasteiger partial charge on any atom is -0.371 e. The van der Waals surface area contributed by atoms with E-state index in [4.69, 9.17) is 0 Å². The molecule has 2 saturated heterocycles. The third-order valence-corrected chi connectivity index (χ3v) is 5.70. The molecule has 2 N–H and O–H groups in total. The summed E-state index contributed by atoms with van der Waals surface area (Å²) in [7, 11) is 0. The highest BCUT2D eigenvalue weighted by atomic mass is 19.1. The maximum absolute atomic E-state index is 13.8. The molecule has 4 rings (SSSR count). The molecule has 0 aromatic heterocycles. The highest BCUT2D eigenvalue weighted by molar-refractivity contribution is 6.04. The smallest absolute Gasteiger partial charge is 0.323 e. The Morgan fingerprint density at radius 1 is 0.833 bits per heavy atom. The van der Waals surface area contributed by atoms with Gasteiger partial charge in [-0.05, 0) is 62.4 Å². The van der Waals surface area contributed by atoms with Gasteiger partial charge in [-0.25, -0.2) is 9.18 Å². The van der Waals surface area contributed by atoms with E-state index in [1.165, 1.54) is 18.6 Å². The Morgan fingerprint density at radius 2 is 1.53 bits per heavy atom. The Bertz CT molecular complexity index is 921. The number of amides is 3. The molecule has 2 heterocycles. The summed E-state index contributed by atoms with van der Waals surface area (Å²) in [5.74, 6) is -0.496. The van der Waals surface area contributed by atoms with Crippen molar-refractivity contribution >= 4 is 29.0 Å². The summed E-state index contributed by atoms with van der Waals surface area (Å²) in [4.78, 5) is 29.7. The molecule has 7 heteroatoms. The number of carbonyl (C=O) groups excluding carboxylic acids is 2. The van der Waals surface area contributed by atoms with Crippen molar-refractivity contribution in [2.45, 2.75) is 32.1 Å². The number of para-hydroxylation sites is 1. The molecular formula is C23H27FN4O2. The van der Waals surface area contributed by atoms with Gasteiger partial charge >= 0.3 is 6.03 Å². The molecule has 2 aromatic rings. The molecular weight excluding hydrogens is 383 g/mol. The van der Waals surface area contributed by atoms with Gasteiger partial charge < -0.3 is 20.4 Å². The first-order chi connectivity index (χ1) is 14.6. The number of nitrogens with one attached hydrogen (secondary N) is 2. The average molecular weight is 410 g/mol. The van der Waals surface area contributed by atoms with E-state index >= 15 is 0 Å². The monoisotopic (exact) mass is 410 g/mol. The van der Waals surface area contributed by atoms with Gasteiger partial charge in [0.25, 0.3) is 5.91 Å². The number of hydrogen-bond acceptors (Lipinski definition) is 3. The van der Waals surface area contributed by atoms with Gasteiger partial charge in [-0.1, -0.05) is 12.1 Å². The number of hydrogen-bond donors (Lipinski definition) is 2. The van der Waals surface area contributed by atoms with E-state index in [2.05, 4.69) is 15.5 Å². The quantitative estimate of drug-likeness (QED) is 0.768. The van der Waals surface area contributed by atoms with Crippen molar-refractivity contribution in [2.75, 3.05) is 41.7 Å². The molecule has 2 aliphatic heterocycles. The number of benzene rings is 2. The molecule has 0 aliphatic carbocycles. The van der Waals surface area contributed by atoms with Crippen molar-refractivity contribution < 1.29 is 14.0 Å². The maximum atomic E-state index is 13.8. The Balaban J connectivity index is 1.56. The van der Waals surface area contributed by atoms with Crippen LogP contribution in [-0.2, 0) is 0 Å². The normalized spacial score (nSPS) is 16.4. The van der Waals surface area contributed by atoms with Gasteiger partial charge in [0.15, 0.2) is 0 Å². The fraction of sp³-hybridized carbons (Fsp3) is 0.391. The van der Waals surface area contributed by atoms with Gasteiger partial charge in [-0.15, -0.1) is 0 Å². The second kappa shape index (κ2) is 9.15. The van der Waals surface area contributed by atoms with Crippen LogP contribution in [0.3, 0.4) is 0 Å². The van der Waals surface area contributed by atoms with Crippen LogP contribution < -0.4 is 15.5 Å². The van der Waals surface area contributed by atoms with Crippen LogP contribution in [0, 0.1) is 5.82 Å². The van der Waals surface area contributed by atoms with Gasteiger partial charge in [0.1, 0.15) is 5.82 Å². The molecule has 30 heavy (non-hydrogen) atoms. The average Bonchev–Trinajstić information content (AvgIpc) is 3.30. The summed E-state index contributed by atoms with van der Waals surface area (Å²) in [6, 6.07) is 10.9. The van der Waals surface area contributed by atoms with E-state index in [1.54, 1.807) is 24.3 Å². The van der Waals surface area contributed by atoms with Gasteiger partial charge in [-0.3, -0.25) is 4.79 Å².